The van der Waals surface area contributed by atoms with Gasteiger partial charge in [0.2, 0.25) is 0 Å². The summed E-state index contributed by atoms with van der Waals surface area (Å²) in [6.07, 6.45) is 6.66. The van der Waals surface area contributed by atoms with Crippen LogP contribution in [0.2, 0.25) is 0 Å². The molecule has 1 fully saturated rings. The number of nitrogens with one attached hydrogen (secondary N) is 1. The van der Waals surface area contributed by atoms with Gasteiger partial charge in [-0.2, -0.15) is 0 Å². The lowest BCUT2D eigenvalue weighted by molar-refractivity contribution is 0.0912. The minimum Gasteiger partial charge on any atom is -0.349 e. The number of allylic oxidation sites excluding steroid dienone is 1. The lowest BCUT2D eigenvalue weighted by Gasteiger charge is -2.32. The van der Waals surface area contributed by atoms with Crippen molar-refractivity contribution in [2.45, 2.75) is 31.7 Å². The van der Waals surface area contributed by atoms with E-state index in [-0.39, 0.29) is 5.91 Å². The van der Waals surface area contributed by atoms with E-state index in [4.69, 9.17) is 0 Å². The number of likely N-dealkylation sites (tertiary alicyclic amines) is 1. The van der Waals surface area contributed by atoms with Crippen LogP contribution in [0.15, 0.2) is 60.7 Å². The Bertz CT molecular complexity index is 789. The van der Waals surface area contributed by atoms with E-state index < -0.39 is 0 Å². The van der Waals surface area contributed by atoms with Crippen LogP contribution in [-0.2, 0) is 6.42 Å². The Morgan fingerprint density at radius 2 is 1.73 bits per heavy atom. The van der Waals surface area contributed by atoms with Gasteiger partial charge in [0, 0.05) is 31.2 Å². The summed E-state index contributed by atoms with van der Waals surface area (Å²) in [6.45, 7) is 3.24. The zero-order chi connectivity index (χ0) is 17.8. The number of rotatable bonds is 5. The second-order valence-electron chi connectivity index (χ2n) is 7.30. The van der Waals surface area contributed by atoms with Gasteiger partial charge in [-0.1, -0.05) is 48.5 Å². The van der Waals surface area contributed by atoms with Crippen LogP contribution >= 0.6 is 0 Å². The number of hydrogen-bond donors (Lipinski definition) is 1. The fourth-order valence-electron chi connectivity index (χ4n) is 4.03. The minimum absolute atomic E-state index is 0.0526. The number of carbonyl (C=O) groups is 1. The third-order valence-electron chi connectivity index (χ3n) is 5.59. The number of carbonyl (C=O) groups excluding carboxylic acids is 1. The Morgan fingerprint density at radius 1 is 1.00 bits per heavy atom. The molecule has 3 heteroatoms. The molecule has 1 amide bonds. The molecule has 3 nitrogen and oxygen atoms in total. The molecule has 0 spiro atoms. The summed E-state index contributed by atoms with van der Waals surface area (Å²) in [5.74, 6) is 0.0526. The normalized spacial score (nSPS) is 17.6. The Morgan fingerprint density at radius 3 is 2.54 bits per heavy atom. The van der Waals surface area contributed by atoms with Crippen molar-refractivity contribution in [3.8, 4) is 0 Å². The second kappa shape index (κ2) is 7.88. The fourth-order valence-corrected chi connectivity index (χ4v) is 4.03. The van der Waals surface area contributed by atoms with Gasteiger partial charge in [-0.15, -0.1) is 0 Å². The predicted molar refractivity (Wildman–Crippen MR) is 106 cm³/mol. The monoisotopic (exact) mass is 346 g/mol. The van der Waals surface area contributed by atoms with Crippen molar-refractivity contribution in [3.05, 3.63) is 77.4 Å². The highest BCUT2D eigenvalue weighted by Crippen LogP contribution is 2.29. The van der Waals surface area contributed by atoms with E-state index in [1.165, 1.54) is 16.7 Å². The Kier molecular flexibility index (Phi) is 5.16. The predicted octanol–water partition coefficient (Wildman–Crippen LogP) is 3.91. The molecule has 2 aliphatic rings. The van der Waals surface area contributed by atoms with Crippen LogP contribution < -0.4 is 5.32 Å². The molecule has 0 aromatic heterocycles. The van der Waals surface area contributed by atoms with Gasteiger partial charge in [-0.05, 0) is 54.5 Å². The van der Waals surface area contributed by atoms with Crippen LogP contribution in [0.5, 0.6) is 0 Å². The molecular weight excluding hydrogens is 320 g/mol. The molecule has 4 rings (SSSR count). The van der Waals surface area contributed by atoms with Crippen molar-refractivity contribution in [2.75, 3.05) is 19.6 Å². The van der Waals surface area contributed by atoms with Crippen LogP contribution in [0.25, 0.3) is 5.57 Å². The summed E-state index contributed by atoms with van der Waals surface area (Å²) in [5.41, 5.74) is 5.16. The smallest absolute Gasteiger partial charge is 0.251 e. The van der Waals surface area contributed by atoms with Gasteiger partial charge in [0.15, 0.2) is 0 Å². The molecule has 1 heterocycles. The molecule has 1 N–H and O–H groups in total. The van der Waals surface area contributed by atoms with Crippen molar-refractivity contribution < 1.29 is 4.79 Å². The Labute approximate surface area is 155 Å². The SMILES string of the molecule is O=C(NC1CCN(CCC2=CCc3ccccc32)CC1)c1ccccc1. The van der Waals surface area contributed by atoms with Crippen LogP contribution in [0.1, 0.15) is 40.7 Å². The topological polar surface area (TPSA) is 32.3 Å². The summed E-state index contributed by atoms with van der Waals surface area (Å²) in [4.78, 5) is 14.8. The highest BCUT2D eigenvalue weighted by Gasteiger charge is 2.22. The van der Waals surface area contributed by atoms with Crippen molar-refractivity contribution >= 4 is 11.5 Å². The van der Waals surface area contributed by atoms with Gasteiger partial charge in [0.25, 0.3) is 5.91 Å². The van der Waals surface area contributed by atoms with Gasteiger partial charge < -0.3 is 10.2 Å². The molecule has 1 aliphatic carbocycles. The van der Waals surface area contributed by atoms with Crippen LogP contribution in [0, 0.1) is 0 Å². The molecule has 0 atom stereocenters. The maximum atomic E-state index is 12.3. The van der Waals surface area contributed by atoms with Gasteiger partial charge >= 0.3 is 0 Å². The molecule has 26 heavy (non-hydrogen) atoms. The fraction of sp³-hybridized carbons (Fsp3) is 0.348. The highest BCUT2D eigenvalue weighted by atomic mass is 16.1. The van der Waals surface area contributed by atoms with Crippen LogP contribution in [0.3, 0.4) is 0 Å². The molecule has 2 aromatic rings. The van der Waals surface area contributed by atoms with E-state index >= 15 is 0 Å². The highest BCUT2D eigenvalue weighted by molar-refractivity contribution is 5.94. The average molecular weight is 346 g/mol. The molecule has 2 aromatic carbocycles. The van der Waals surface area contributed by atoms with Crippen molar-refractivity contribution in [2.24, 2.45) is 0 Å². The van der Waals surface area contributed by atoms with Gasteiger partial charge in [0.1, 0.15) is 0 Å². The third-order valence-corrected chi connectivity index (χ3v) is 5.59. The molecule has 1 saturated heterocycles. The van der Waals surface area contributed by atoms with E-state index in [9.17, 15) is 4.79 Å². The van der Waals surface area contributed by atoms with E-state index in [1.54, 1.807) is 0 Å². The number of hydrogen-bond acceptors (Lipinski definition) is 2. The number of piperidine rings is 1. The molecule has 0 bridgehead atoms. The van der Waals surface area contributed by atoms with Crippen molar-refractivity contribution in [3.63, 3.8) is 0 Å². The molecule has 0 saturated carbocycles. The first-order valence-electron chi connectivity index (χ1n) is 9.65. The quantitative estimate of drug-likeness (QED) is 0.890. The summed E-state index contributed by atoms with van der Waals surface area (Å²) >= 11 is 0. The Hall–Kier alpha value is -2.39. The van der Waals surface area contributed by atoms with E-state index in [1.807, 2.05) is 30.3 Å². The summed E-state index contributed by atoms with van der Waals surface area (Å²) < 4.78 is 0. The van der Waals surface area contributed by atoms with Gasteiger partial charge in [0.05, 0.1) is 0 Å². The largest absolute Gasteiger partial charge is 0.349 e. The van der Waals surface area contributed by atoms with E-state index in [0.717, 1.165) is 50.9 Å². The number of amides is 1. The summed E-state index contributed by atoms with van der Waals surface area (Å²) in [6, 6.07) is 18.6. The van der Waals surface area contributed by atoms with Gasteiger partial charge in [-0.25, -0.2) is 0 Å². The van der Waals surface area contributed by atoms with E-state index in [0.29, 0.717) is 6.04 Å². The van der Waals surface area contributed by atoms with Crippen LogP contribution in [0.4, 0.5) is 0 Å². The molecular formula is C23H26N2O. The standard InChI is InChI=1S/C23H26N2O/c26-23(20-7-2-1-3-8-20)24-21-13-16-25(17-14-21)15-12-19-11-10-18-6-4-5-9-22(18)19/h1-9,11,21H,10,12-17H2,(H,24,26). The van der Waals surface area contributed by atoms with Crippen molar-refractivity contribution in [1.82, 2.24) is 10.2 Å². The van der Waals surface area contributed by atoms with Crippen molar-refractivity contribution in [1.29, 1.82) is 0 Å². The first kappa shape index (κ1) is 17.0. The average Bonchev–Trinajstić information content (AvgIpc) is 3.11. The Balaban J connectivity index is 1.23. The second-order valence-corrected chi connectivity index (χ2v) is 7.30. The maximum Gasteiger partial charge on any atom is 0.251 e. The number of nitrogens with zero attached hydrogens (tertiary/aromatic N) is 1. The summed E-state index contributed by atoms with van der Waals surface area (Å²) in [5, 5.41) is 3.19. The molecule has 0 radical (unpaired) electrons. The lowest BCUT2D eigenvalue weighted by atomic mass is 10.0. The minimum atomic E-state index is 0.0526. The molecule has 0 unspecified atom stereocenters. The zero-order valence-corrected chi connectivity index (χ0v) is 15.2. The number of benzene rings is 2. The number of fused-ring (bicyclic) bond motifs is 1. The van der Waals surface area contributed by atoms with Gasteiger partial charge in [-0.3, -0.25) is 4.79 Å². The zero-order valence-electron chi connectivity index (χ0n) is 15.2. The van der Waals surface area contributed by atoms with E-state index in [2.05, 4.69) is 40.6 Å². The molecule has 134 valence electrons. The first-order chi connectivity index (χ1) is 12.8. The third kappa shape index (κ3) is 3.88. The molecule has 1 aliphatic heterocycles. The lowest BCUT2D eigenvalue weighted by Crippen LogP contribution is -2.44. The first-order valence-corrected chi connectivity index (χ1v) is 9.65. The summed E-state index contributed by atoms with van der Waals surface area (Å²) in [7, 11) is 0. The maximum absolute atomic E-state index is 12.3. The van der Waals surface area contributed by atoms with Crippen LogP contribution in [-0.4, -0.2) is 36.5 Å².